The summed E-state index contributed by atoms with van der Waals surface area (Å²) in [5, 5.41) is 2.78. The summed E-state index contributed by atoms with van der Waals surface area (Å²) >= 11 is 0. The van der Waals surface area contributed by atoms with Gasteiger partial charge in [0.1, 0.15) is 11.5 Å². The summed E-state index contributed by atoms with van der Waals surface area (Å²) in [6, 6.07) is 21.3. The molecule has 184 valence electrons. The van der Waals surface area contributed by atoms with Gasteiger partial charge in [0.15, 0.2) is 0 Å². The van der Waals surface area contributed by atoms with E-state index < -0.39 is 15.9 Å². The topological polar surface area (TPSA) is 88.2 Å². The molecule has 1 fully saturated rings. The normalized spacial score (nSPS) is 14.9. The summed E-state index contributed by atoms with van der Waals surface area (Å²) in [6.07, 6.45) is 0. The van der Waals surface area contributed by atoms with Crippen LogP contribution in [0.3, 0.4) is 0 Å². The predicted molar refractivity (Wildman–Crippen MR) is 134 cm³/mol. The van der Waals surface area contributed by atoms with Gasteiger partial charge < -0.3 is 14.8 Å². The van der Waals surface area contributed by atoms with Gasteiger partial charge in [-0.15, -0.1) is 0 Å². The Morgan fingerprint density at radius 2 is 1.63 bits per heavy atom. The van der Waals surface area contributed by atoms with Crippen LogP contribution in [-0.4, -0.2) is 63.9 Å². The van der Waals surface area contributed by atoms with Crippen molar-refractivity contribution < 1.29 is 22.7 Å². The molecule has 0 saturated carbocycles. The highest BCUT2D eigenvalue weighted by Crippen LogP contribution is 2.29. The van der Waals surface area contributed by atoms with Crippen molar-refractivity contribution >= 4 is 21.6 Å². The average molecular weight is 496 g/mol. The molecule has 0 spiro atoms. The smallest absolute Gasteiger partial charge is 0.255 e. The summed E-state index contributed by atoms with van der Waals surface area (Å²) in [4.78, 5) is 15.3. The number of sulfonamides is 1. The fraction of sp³-hybridized carbons (Fsp3) is 0.269. The molecule has 3 aromatic rings. The second kappa shape index (κ2) is 10.9. The van der Waals surface area contributed by atoms with Gasteiger partial charge in [-0.1, -0.05) is 36.4 Å². The van der Waals surface area contributed by atoms with Crippen LogP contribution in [0.1, 0.15) is 15.9 Å². The minimum Gasteiger partial charge on any atom is -0.497 e. The monoisotopic (exact) mass is 495 g/mol. The zero-order valence-corrected chi connectivity index (χ0v) is 20.6. The Balaban J connectivity index is 1.45. The highest BCUT2D eigenvalue weighted by molar-refractivity contribution is 7.89. The van der Waals surface area contributed by atoms with Crippen LogP contribution in [0, 0.1) is 0 Å². The van der Waals surface area contributed by atoms with E-state index in [1.165, 1.54) is 36.2 Å². The van der Waals surface area contributed by atoms with Crippen molar-refractivity contribution in [2.24, 2.45) is 0 Å². The number of carbonyl (C=O) groups is 1. The SMILES string of the molecule is COc1ccc(OC)c(NC(=O)c2cccc(S(=O)(=O)N3CCN(Cc4ccccc4)CC3)c2)c1. The maximum atomic E-state index is 13.3. The third-order valence-electron chi connectivity index (χ3n) is 5.97. The van der Waals surface area contributed by atoms with Crippen LogP contribution in [0.5, 0.6) is 11.5 Å². The third kappa shape index (κ3) is 5.82. The van der Waals surface area contributed by atoms with Crippen LogP contribution in [-0.2, 0) is 16.6 Å². The van der Waals surface area contributed by atoms with E-state index in [9.17, 15) is 13.2 Å². The quantitative estimate of drug-likeness (QED) is 0.515. The van der Waals surface area contributed by atoms with Gasteiger partial charge in [0.2, 0.25) is 10.0 Å². The Morgan fingerprint density at radius 3 is 2.31 bits per heavy atom. The van der Waals surface area contributed by atoms with Gasteiger partial charge in [0.25, 0.3) is 5.91 Å². The van der Waals surface area contributed by atoms with Gasteiger partial charge in [-0.05, 0) is 35.9 Å². The Hall–Kier alpha value is -3.40. The number of hydrogen-bond donors (Lipinski definition) is 1. The van der Waals surface area contributed by atoms with Crippen LogP contribution in [0.2, 0.25) is 0 Å². The molecular formula is C26H29N3O5S. The van der Waals surface area contributed by atoms with Crippen LogP contribution in [0.25, 0.3) is 0 Å². The molecule has 8 nitrogen and oxygen atoms in total. The van der Waals surface area contributed by atoms with E-state index in [0.29, 0.717) is 43.4 Å². The molecule has 1 amide bonds. The molecule has 1 aliphatic rings. The van der Waals surface area contributed by atoms with E-state index in [4.69, 9.17) is 9.47 Å². The first kappa shape index (κ1) is 24.7. The molecule has 0 aromatic heterocycles. The lowest BCUT2D eigenvalue weighted by Crippen LogP contribution is -2.48. The molecule has 35 heavy (non-hydrogen) atoms. The summed E-state index contributed by atoms with van der Waals surface area (Å²) in [6.45, 7) is 2.87. The number of anilines is 1. The van der Waals surface area contributed by atoms with E-state index in [2.05, 4.69) is 22.3 Å². The van der Waals surface area contributed by atoms with E-state index in [-0.39, 0.29) is 10.5 Å². The van der Waals surface area contributed by atoms with Gasteiger partial charge in [-0.25, -0.2) is 8.42 Å². The van der Waals surface area contributed by atoms with Crippen molar-refractivity contribution in [3.8, 4) is 11.5 Å². The van der Waals surface area contributed by atoms with Gasteiger partial charge in [-0.2, -0.15) is 4.31 Å². The number of benzene rings is 3. The van der Waals surface area contributed by atoms with Crippen LogP contribution in [0.15, 0.2) is 77.7 Å². The molecule has 0 atom stereocenters. The lowest BCUT2D eigenvalue weighted by atomic mass is 10.2. The molecule has 1 saturated heterocycles. The second-order valence-corrected chi connectivity index (χ2v) is 10.2. The zero-order valence-electron chi connectivity index (χ0n) is 19.8. The minimum atomic E-state index is -3.73. The van der Waals surface area contributed by atoms with Gasteiger partial charge >= 0.3 is 0 Å². The van der Waals surface area contributed by atoms with Gasteiger partial charge in [0.05, 0.1) is 24.8 Å². The Labute approximate surface area is 206 Å². The first-order valence-corrected chi connectivity index (χ1v) is 12.7. The molecular weight excluding hydrogens is 466 g/mol. The first-order chi connectivity index (χ1) is 16.9. The number of rotatable bonds is 8. The number of piperazine rings is 1. The number of amides is 1. The summed E-state index contributed by atoms with van der Waals surface area (Å²) in [5.74, 6) is 0.585. The van der Waals surface area contributed by atoms with E-state index in [1.807, 2.05) is 18.2 Å². The largest absolute Gasteiger partial charge is 0.497 e. The predicted octanol–water partition coefficient (Wildman–Crippen LogP) is 3.46. The van der Waals surface area contributed by atoms with Crippen molar-refractivity contribution in [1.29, 1.82) is 0 Å². The van der Waals surface area contributed by atoms with E-state index in [1.54, 1.807) is 30.3 Å². The zero-order chi connectivity index (χ0) is 24.8. The molecule has 0 unspecified atom stereocenters. The molecule has 0 aliphatic carbocycles. The molecule has 0 bridgehead atoms. The number of nitrogens with zero attached hydrogens (tertiary/aromatic N) is 2. The fourth-order valence-electron chi connectivity index (χ4n) is 4.02. The number of hydrogen-bond acceptors (Lipinski definition) is 6. The highest BCUT2D eigenvalue weighted by Gasteiger charge is 2.29. The standard InChI is InChI=1S/C26H29N3O5S/c1-33-22-11-12-25(34-2)24(18-22)27-26(30)21-9-6-10-23(17-21)35(31,32)29-15-13-28(14-16-29)19-20-7-4-3-5-8-20/h3-12,17-18H,13-16,19H2,1-2H3,(H,27,30). The number of ether oxygens (including phenoxy) is 2. The molecule has 0 radical (unpaired) electrons. The number of methoxy groups -OCH3 is 2. The van der Waals surface area contributed by atoms with Crippen LogP contribution < -0.4 is 14.8 Å². The maximum Gasteiger partial charge on any atom is 0.255 e. The fourth-order valence-corrected chi connectivity index (χ4v) is 5.49. The lowest BCUT2D eigenvalue weighted by Gasteiger charge is -2.34. The van der Waals surface area contributed by atoms with Crippen LogP contribution in [0.4, 0.5) is 5.69 Å². The maximum absolute atomic E-state index is 13.3. The molecule has 1 aliphatic heterocycles. The van der Waals surface area contributed by atoms with Gasteiger partial charge in [0, 0.05) is 44.4 Å². The van der Waals surface area contributed by atoms with Crippen molar-refractivity contribution in [2.45, 2.75) is 11.4 Å². The minimum absolute atomic E-state index is 0.0965. The third-order valence-corrected chi connectivity index (χ3v) is 7.86. The average Bonchev–Trinajstić information content (AvgIpc) is 2.89. The number of nitrogens with one attached hydrogen (secondary N) is 1. The molecule has 1 heterocycles. The summed E-state index contributed by atoms with van der Waals surface area (Å²) in [5.41, 5.74) is 1.87. The van der Waals surface area contributed by atoms with E-state index >= 15 is 0 Å². The molecule has 9 heteroatoms. The lowest BCUT2D eigenvalue weighted by molar-refractivity contribution is 0.102. The van der Waals surface area contributed by atoms with Crippen molar-refractivity contribution in [1.82, 2.24) is 9.21 Å². The van der Waals surface area contributed by atoms with E-state index in [0.717, 1.165) is 6.54 Å². The molecule has 4 rings (SSSR count). The Kier molecular flexibility index (Phi) is 7.70. The first-order valence-electron chi connectivity index (χ1n) is 11.3. The van der Waals surface area contributed by atoms with Crippen LogP contribution >= 0.6 is 0 Å². The molecule has 3 aromatic carbocycles. The molecule has 1 N–H and O–H groups in total. The van der Waals surface area contributed by atoms with Crippen molar-refractivity contribution in [2.75, 3.05) is 45.7 Å². The second-order valence-electron chi connectivity index (χ2n) is 8.21. The Morgan fingerprint density at radius 1 is 0.886 bits per heavy atom. The summed E-state index contributed by atoms with van der Waals surface area (Å²) in [7, 11) is -0.694. The number of carbonyl (C=O) groups excluding carboxylic acids is 1. The summed E-state index contributed by atoms with van der Waals surface area (Å²) < 4.78 is 38.6. The van der Waals surface area contributed by atoms with Gasteiger partial charge in [-0.3, -0.25) is 9.69 Å². The van der Waals surface area contributed by atoms with Crippen molar-refractivity contribution in [3.63, 3.8) is 0 Å². The highest BCUT2D eigenvalue weighted by atomic mass is 32.2. The Bertz CT molecular complexity index is 1270. The van der Waals surface area contributed by atoms with Crippen molar-refractivity contribution in [3.05, 3.63) is 83.9 Å².